The first-order valence-corrected chi connectivity index (χ1v) is 7.05. The van der Waals surface area contributed by atoms with E-state index in [1.807, 2.05) is 6.07 Å². The second-order valence-corrected chi connectivity index (χ2v) is 5.97. The summed E-state index contributed by atoms with van der Waals surface area (Å²) in [5.74, 6) is 0.247. The third-order valence-electron chi connectivity index (χ3n) is 3.50. The van der Waals surface area contributed by atoms with Crippen molar-refractivity contribution in [2.75, 3.05) is 12.3 Å². The predicted octanol–water partition coefficient (Wildman–Crippen LogP) is 1.38. The van der Waals surface area contributed by atoms with Crippen LogP contribution in [0.2, 0.25) is 0 Å². The van der Waals surface area contributed by atoms with Crippen molar-refractivity contribution in [3.63, 3.8) is 0 Å². The molecule has 1 aliphatic carbocycles. The maximum Gasteiger partial charge on any atom is 0.263 e. The summed E-state index contributed by atoms with van der Waals surface area (Å²) in [6.45, 7) is 0.599. The molecule has 0 aromatic carbocycles. The molecule has 4 N–H and O–H groups in total. The highest BCUT2D eigenvalue weighted by Gasteiger charge is 2.27. The molecule has 6 heteroatoms. The van der Waals surface area contributed by atoms with E-state index in [0.717, 1.165) is 22.9 Å². The fourth-order valence-corrected chi connectivity index (χ4v) is 3.33. The Balaban J connectivity index is 1.72. The molecule has 1 saturated carbocycles. The van der Waals surface area contributed by atoms with Crippen LogP contribution in [0.15, 0.2) is 18.5 Å². The SMILES string of the molecule is Nc1c(C(=O)NCC2CC(O)C2)sc2cnccc12. The van der Waals surface area contributed by atoms with Gasteiger partial charge in [0.15, 0.2) is 0 Å². The number of pyridine rings is 1. The summed E-state index contributed by atoms with van der Waals surface area (Å²) in [4.78, 5) is 16.7. The number of fused-ring (bicyclic) bond motifs is 1. The van der Waals surface area contributed by atoms with E-state index in [-0.39, 0.29) is 12.0 Å². The van der Waals surface area contributed by atoms with Crippen LogP contribution in [0.4, 0.5) is 5.69 Å². The minimum atomic E-state index is -0.192. The zero-order valence-corrected chi connectivity index (χ0v) is 11.1. The second kappa shape index (κ2) is 4.79. The van der Waals surface area contributed by atoms with E-state index in [1.165, 1.54) is 11.3 Å². The number of hydrogen-bond donors (Lipinski definition) is 3. The van der Waals surface area contributed by atoms with E-state index >= 15 is 0 Å². The number of nitrogen functional groups attached to an aromatic ring is 1. The molecule has 100 valence electrons. The first kappa shape index (κ1) is 12.4. The average Bonchev–Trinajstić information content (AvgIpc) is 2.71. The topological polar surface area (TPSA) is 88.2 Å². The number of aromatic nitrogens is 1. The van der Waals surface area contributed by atoms with Gasteiger partial charge in [-0.3, -0.25) is 9.78 Å². The maximum atomic E-state index is 12.1. The Hall–Kier alpha value is -1.66. The number of thiophene rings is 1. The predicted molar refractivity (Wildman–Crippen MR) is 75.1 cm³/mol. The van der Waals surface area contributed by atoms with Crippen molar-refractivity contribution in [1.82, 2.24) is 10.3 Å². The second-order valence-electron chi connectivity index (χ2n) is 4.92. The summed E-state index contributed by atoms with van der Waals surface area (Å²) in [5, 5.41) is 13.0. The van der Waals surface area contributed by atoms with Gasteiger partial charge < -0.3 is 16.2 Å². The Kier molecular flexibility index (Phi) is 3.12. The number of amides is 1. The van der Waals surface area contributed by atoms with E-state index in [9.17, 15) is 9.90 Å². The standard InChI is InChI=1S/C13H15N3O2S/c14-11-9-1-2-15-6-10(9)19-12(11)13(18)16-5-7-3-8(17)4-7/h1-2,6-8,17H,3-5,14H2,(H,16,18). The van der Waals surface area contributed by atoms with Crippen LogP contribution in [0.25, 0.3) is 10.1 Å². The normalized spacial score (nSPS) is 22.2. The van der Waals surface area contributed by atoms with Gasteiger partial charge in [0, 0.05) is 24.3 Å². The van der Waals surface area contributed by atoms with Crippen molar-refractivity contribution in [1.29, 1.82) is 0 Å². The first-order chi connectivity index (χ1) is 9.15. The van der Waals surface area contributed by atoms with E-state index in [0.29, 0.717) is 23.0 Å². The Morgan fingerprint density at radius 1 is 1.58 bits per heavy atom. The highest BCUT2D eigenvalue weighted by atomic mass is 32.1. The van der Waals surface area contributed by atoms with E-state index in [4.69, 9.17) is 5.73 Å². The number of carbonyl (C=O) groups excluding carboxylic acids is 1. The molecule has 1 aliphatic rings. The minimum Gasteiger partial charge on any atom is -0.397 e. The molecule has 0 bridgehead atoms. The molecule has 0 spiro atoms. The van der Waals surface area contributed by atoms with Gasteiger partial charge >= 0.3 is 0 Å². The summed E-state index contributed by atoms with van der Waals surface area (Å²) < 4.78 is 0.921. The van der Waals surface area contributed by atoms with Crippen LogP contribution in [0.3, 0.4) is 0 Å². The largest absolute Gasteiger partial charge is 0.397 e. The van der Waals surface area contributed by atoms with Gasteiger partial charge in [0.05, 0.1) is 16.5 Å². The molecule has 2 aromatic heterocycles. The maximum absolute atomic E-state index is 12.1. The molecule has 0 saturated heterocycles. The Bertz CT molecular complexity index is 619. The fourth-order valence-electron chi connectivity index (χ4n) is 2.32. The van der Waals surface area contributed by atoms with E-state index < -0.39 is 0 Å². The number of anilines is 1. The van der Waals surface area contributed by atoms with Gasteiger partial charge in [-0.15, -0.1) is 11.3 Å². The fraction of sp³-hybridized carbons (Fsp3) is 0.385. The van der Waals surface area contributed by atoms with Crippen molar-refractivity contribution >= 4 is 33.0 Å². The monoisotopic (exact) mass is 277 g/mol. The lowest BCUT2D eigenvalue weighted by Crippen LogP contribution is -2.38. The van der Waals surface area contributed by atoms with Crippen molar-refractivity contribution in [3.8, 4) is 0 Å². The van der Waals surface area contributed by atoms with Gasteiger partial charge in [0.1, 0.15) is 4.88 Å². The number of nitrogens with one attached hydrogen (secondary N) is 1. The lowest BCUT2D eigenvalue weighted by Gasteiger charge is -2.31. The molecule has 2 heterocycles. The first-order valence-electron chi connectivity index (χ1n) is 6.23. The summed E-state index contributed by atoms with van der Waals surface area (Å²) in [6, 6.07) is 1.82. The number of aliphatic hydroxyl groups excluding tert-OH is 1. The zero-order chi connectivity index (χ0) is 13.4. The molecule has 0 aliphatic heterocycles. The van der Waals surface area contributed by atoms with E-state index in [1.54, 1.807) is 12.4 Å². The number of rotatable bonds is 3. The van der Waals surface area contributed by atoms with Crippen molar-refractivity contribution in [3.05, 3.63) is 23.3 Å². The molecule has 1 amide bonds. The molecule has 0 atom stereocenters. The van der Waals surface area contributed by atoms with Gasteiger partial charge in [0.25, 0.3) is 5.91 Å². The molecule has 1 fully saturated rings. The Morgan fingerprint density at radius 3 is 3.05 bits per heavy atom. The number of nitrogens with zero attached hydrogens (tertiary/aromatic N) is 1. The van der Waals surface area contributed by atoms with Crippen molar-refractivity contribution in [2.24, 2.45) is 5.92 Å². The highest BCUT2D eigenvalue weighted by Crippen LogP contribution is 2.33. The molecule has 3 rings (SSSR count). The van der Waals surface area contributed by atoms with Crippen LogP contribution in [0.5, 0.6) is 0 Å². The number of nitrogens with two attached hydrogens (primary N) is 1. The number of hydrogen-bond acceptors (Lipinski definition) is 5. The lowest BCUT2D eigenvalue weighted by atomic mass is 9.82. The van der Waals surface area contributed by atoms with Gasteiger partial charge in [-0.1, -0.05) is 0 Å². The highest BCUT2D eigenvalue weighted by molar-refractivity contribution is 7.21. The van der Waals surface area contributed by atoms with Crippen molar-refractivity contribution < 1.29 is 9.90 Å². The Labute approximate surface area is 114 Å². The van der Waals surface area contributed by atoms with E-state index in [2.05, 4.69) is 10.3 Å². The lowest BCUT2D eigenvalue weighted by molar-refractivity contribution is 0.0420. The van der Waals surface area contributed by atoms with Gasteiger partial charge in [-0.05, 0) is 24.8 Å². The molecule has 0 radical (unpaired) electrons. The zero-order valence-electron chi connectivity index (χ0n) is 10.3. The van der Waals surface area contributed by atoms with Crippen LogP contribution in [-0.4, -0.2) is 28.6 Å². The van der Waals surface area contributed by atoms with Gasteiger partial charge in [0.2, 0.25) is 0 Å². The van der Waals surface area contributed by atoms with Crippen LogP contribution >= 0.6 is 11.3 Å². The molecule has 5 nitrogen and oxygen atoms in total. The quantitative estimate of drug-likeness (QED) is 0.791. The summed E-state index contributed by atoms with van der Waals surface area (Å²) in [6.07, 6.45) is 4.73. The molecule has 2 aromatic rings. The van der Waals surface area contributed by atoms with Crippen LogP contribution < -0.4 is 11.1 Å². The van der Waals surface area contributed by atoms with Crippen LogP contribution in [-0.2, 0) is 0 Å². The third-order valence-corrected chi connectivity index (χ3v) is 4.65. The minimum absolute atomic E-state index is 0.139. The van der Waals surface area contributed by atoms with Crippen molar-refractivity contribution in [2.45, 2.75) is 18.9 Å². The van der Waals surface area contributed by atoms with Gasteiger partial charge in [-0.2, -0.15) is 0 Å². The van der Waals surface area contributed by atoms with Gasteiger partial charge in [-0.25, -0.2) is 0 Å². The smallest absolute Gasteiger partial charge is 0.263 e. The third kappa shape index (κ3) is 2.29. The molecule has 0 unspecified atom stereocenters. The van der Waals surface area contributed by atoms with Crippen LogP contribution in [0.1, 0.15) is 22.5 Å². The molecule has 19 heavy (non-hydrogen) atoms. The number of aliphatic hydroxyl groups is 1. The summed E-state index contributed by atoms with van der Waals surface area (Å²) >= 11 is 1.36. The molecular formula is C13H15N3O2S. The summed E-state index contributed by atoms with van der Waals surface area (Å²) in [5.41, 5.74) is 6.52. The number of carbonyl (C=O) groups is 1. The summed E-state index contributed by atoms with van der Waals surface area (Å²) in [7, 11) is 0. The Morgan fingerprint density at radius 2 is 2.37 bits per heavy atom. The average molecular weight is 277 g/mol. The molecular weight excluding hydrogens is 262 g/mol. The van der Waals surface area contributed by atoms with Crippen LogP contribution in [0, 0.1) is 5.92 Å².